The second-order valence-corrected chi connectivity index (χ2v) is 6.14. The first-order valence-electron chi connectivity index (χ1n) is 8.02. The van der Waals surface area contributed by atoms with Gasteiger partial charge in [0, 0.05) is 21.8 Å². The van der Waals surface area contributed by atoms with Gasteiger partial charge in [0.2, 0.25) is 0 Å². The molecule has 5 rings (SSSR count). The summed E-state index contributed by atoms with van der Waals surface area (Å²) in [5.41, 5.74) is 4.61. The first-order valence-corrected chi connectivity index (χ1v) is 8.02. The summed E-state index contributed by atoms with van der Waals surface area (Å²) in [4.78, 5) is 3.52. The third kappa shape index (κ3) is 1.90. The highest BCUT2D eigenvalue weighted by atomic mass is 16.3. The topological polar surface area (TPSA) is 36.0 Å². The van der Waals surface area contributed by atoms with Crippen LogP contribution in [0.3, 0.4) is 0 Å². The van der Waals surface area contributed by atoms with Crippen LogP contribution in [-0.2, 0) is 0 Å². The van der Waals surface area contributed by atoms with Gasteiger partial charge in [-0.1, -0.05) is 54.6 Å². The number of aromatic hydroxyl groups is 1. The number of phenolic OH excluding ortho intramolecular Hbond substituents is 1. The Bertz CT molecular complexity index is 1200. The Kier molecular flexibility index (Phi) is 2.68. The first kappa shape index (κ1) is 13.2. The number of H-pyrrole nitrogens is 1. The summed E-state index contributed by atoms with van der Waals surface area (Å²) in [7, 11) is 0. The summed E-state index contributed by atoms with van der Waals surface area (Å²) in [6, 6.07) is 26.6. The van der Waals surface area contributed by atoms with Crippen LogP contribution in [0.15, 0.2) is 78.9 Å². The zero-order chi connectivity index (χ0) is 16.1. The summed E-state index contributed by atoms with van der Waals surface area (Å²) >= 11 is 0. The number of fused-ring (bicyclic) bond motifs is 5. The molecule has 0 saturated heterocycles. The average molecular weight is 309 g/mol. The molecule has 0 spiro atoms. The van der Waals surface area contributed by atoms with E-state index in [1.54, 1.807) is 6.07 Å². The van der Waals surface area contributed by atoms with Gasteiger partial charge in [-0.25, -0.2) is 0 Å². The molecule has 0 atom stereocenters. The normalized spacial score (nSPS) is 11.5. The zero-order valence-corrected chi connectivity index (χ0v) is 13.0. The lowest BCUT2D eigenvalue weighted by atomic mass is 10.0. The Morgan fingerprint density at radius 2 is 1.46 bits per heavy atom. The van der Waals surface area contributed by atoms with Crippen molar-refractivity contribution in [1.82, 2.24) is 4.98 Å². The van der Waals surface area contributed by atoms with E-state index in [9.17, 15) is 5.11 Å². The molecule has 1 aromatic heterocycles. The molecule has 0 fully saturated rings. The van der Waals surface area contributed by atoms with E-state index in [1.165, 1.54) is 16.5 Å². The van der Waals surface area contributed by atoms with Crippen molar-refractivity contribution in [2.45, 2.75) is 0 Å². The Labute approximate surface area is 139 Å². The minimum absolute atomic E-state index is 0.297. The number of aromatic nitrogens is 1. The average Bonchev–Trinajstić information content (AvgIpc) is 3.00. The van der Waals surface area contributed by atoms with Crippen molar-refractivity contribution in [3.8, 4) is 16.9 Å². The minimum atomic E-state index is 0.297. The smallest absolute Gasteiger partial charge is 0.116 e. The van der Waals surface area contributed by atoms with Crippen molar-refractivity contribution in [1.29, 1.82) is 0 Å². The molecule has 0 radical (unpaired) electrons. The molecule has 2 heteroatoms. The standard InChI is InChI=1S/C22H15NO/c24-17-9-6-15-8-11-20-22(19(15)13-17)18-10-7-16(12-21(18)23-20)14-4-2-1-3-5-14/h1-13,23-24H. The third-order valence-corrected chi connectivity index (χ3v) is 4.67. The van der Waals surface area contributed by atoms with Crippen molar-refractivity contribution in [3.05, 3.63) is 78.9 Å². The van der Waals surface area contributed by atoms with Gasteiger partial charge in [0.1, 0.15) is 5.75 Å². The van der Waals surface area contributed by atoms with E-state index in [0.717, 1.165) is 27.2 Å². The molecule has 114 valence electrons. The van der Waals surface area contributed by atoms with Crippen molar-refractivity contribution in [2.75, 3.05) is 0 Å². The Hall–Kier alpha value is -3.26. The quantitative estimate of drug-likeness (QED) is 0.400. The van der Waals surface area contributed by atoms with Gasteiger partial charge in [-0.2, -0.15) is 0 Å². The predicted octanol–water partition coefficient (Wildman–Crippen LogP) is 5.85. The molecule has 0 bridgehead atoms. The minimum Gasteiger partial charge on any atom is -0.508 e. The molecule has 1 heterocycles. The Morgan fingerprint density at radius 1 is 0.625 bits per heavy atom. The molecule has 0 amide bonds. The van der Waals surface area contributed by atoms with Gasteiger partial charge in [0.15, 0.2) is 0 Å². The van der Waals surface area contributed by atoms with E-state index in [4.69, 9.17) is 0 Å². The van der Waals surface area contributed by atoms with Crippen LogP contribution in [0.2, 0.25) is 0 Å². The van der Waals surface area contributed by atoms with Crippen LogP contribution in [0, 0.1) is 0 Å². The van der Waals surface area contributed by atoms with E-state index in [-0.39, 0.29) is 0 Å². The molecule has 0 unspecified atom stereocenters. The number of hydrogen-bond acceptors (Lipinski definition) is 1. The van der Waals surface area contributed by atoms with Crippen molar-refractivity contribution in [3.63, 3.8) is 0 Å². The second kappa shape index (κ2) is 4.87. The fourth-order valence-corrected chi connectivity index (χ4v) is 3.52. The van der Waals surface area contributed by atoms with Crippen LogP contribution >= 0.6 is 0 Å². The summed E-state index contributed by atoms with van der Waals surface area (Å²) in [6.07, 6.45) is 0. The summed E-state index contributed by atoms with van der Waals surface area (Å²) in [5.74, 6) is 0.297. The van der Waals surface area contributed by atoms with E-state index >= 15 is 0 Å². The summed E-state index contributed by atoms with van der Waals surface area (Å²) < 4.78 is 0. The van der Waals surface area contributed by atoms with E-state index in [2.05, 4.69) is 59.6 Å². The van der Waals surface area contributed by atoms with Gasteiger partial charge >= 0.3 is 0 Å². The highest BCUT2D eigenvalue weighted by Gasteiger charge is 2.10. The van der Waals surface area contributed by atoms with Crippen LogP contribution in [0.25, 0.3) is 43.7 Å². The number of rotatable bonds is 1. The molecular weight excluding hydrogens is 294 g/mol. The van der Waals surface area contributed by atoms with Crippen molar-refractivity contribution < 1.29 is 5.11 Å². The maximum Gasteiger partial charge on any atom is 0.116 e. The monoisotopic (exact) mass is 309 g/mol. The number of hydrogen-bond donors (Lipinski definition) is 2. The Balaban J connectivity index is 1.85. The molecular formula is C22H15NO. The largest absolute Gasteiger partial charge is 0.508 e. The van der Waals surface area contributed by atoms with Gasteiger partial charge in [-0.15, -0.1) is 0 Å². The Morgan fingerprint density at radius 3 is 2.33 bits per heavy atom. The highest BCUT2D eigenvalue weighted by molar-refractivity contribution is 6.20. The zero-order valence-electron chi connectivity index (χ0n) is 13.0. The molecule has 5 aromatic rings. The lowest BCUT2D eigenvalue weighted by molar-refractivity contribution is 0.476. The SMILES string of the molecule is Oc1ccc2ccc3[nH]c4cc(-c5ccccc5)ccc4c3c2c1. The molecule has 2 nitrogen and oxygen atoms in total. The lowest BCUT2D eigenvalue weighted by Gasteiger charge is -2.03. The summed E-state index contributed by atoms with van der Waals surface area (Å²) in [5, 5.41) is 14.4. The molecule has 2 N–H and O–H groups in total. The van der Waals surface area contributed by atoms with Gasteiger partial charge in [0.25, 0.3) is 0 Å². The van der Waals surface area contributed by atoms with Crippen LogP contribution in [0.5, 0.6) is 5.75 Å². The summed E-state index contributed by atoms with van der Waals surface area (Å²) in [6.45, 7) is 0. The highest BCUT2D eigenvalue weighted by Crippen LogP contribution is 2.35. The maximum atomic E-state index is 9.88. The van der Waals surface area contributed by atoms with Crippen LogP contribution in [0.1, 0.15) is 0 Å². The molecule has 4 aromatic carbocycles. The molecule has 24 heavy (non-hydrogen) atoms. The van der Waals surface area contributed by atoms with Gasteiger partial charge in [-0.05, 0) is 46.2 Å². The third-order valence-electron chi connectivity index (χ3n) is 4.67. The van der Waals surface area contributed by atoms with Gasteiger partial charge < -0.3 is 10.1 Å². The number of benzene rings is 4. The van der Waals surface area contributed by atoms with Gasteiger partial charge in [-0.3, -0.25) is 0 Å². The van der Waals surface area contributed by atoms with E-state index in [0.29, 0.717) is 5.75 Å². The van der Waals surface area contributed by atoms with Gasteiger partial charge in [0.05, 0.1) is 0 Å². The molecule has 0 aliphatic carbocycles. The van der Waals surface area contributed by atoms with E-state index in [1.807, 2.05) is 18.2 Å². The van der Waals surface area contributed by atoms with Crippen molar-refractivity contribution >= 4 is 32.6 Å². The second-order valence-electron chi connectivity index (χ2n) is 6.14. The molecule has 0 aliphatic rings. The van der Waals surface area contributed by atoms with Crippen molar-refractivity contribution in [2.24, 2.45) is 0 Å². The molecule has 0 aliphatic heterocycles. The number of nitrogens with one attached hydrogen (secondary N) is 1. The number of phenols is 1. The van der Waals surface area contributed by atoms with Crippen LogP contribution in [-0.4, -0.2) is 10.1 Å². The molecule has 0 saturated carbocycles. The lowest BCUT2D eigenvalue weighted by Crippen LogP contribution is -1.77. The van der Waals surface area contributed by atoms with E-state index < -0.39 is 0 Å². The fourth-order valence-electron chi connectivity index (χ4n) is 3.52. The van der Waals surface area contributed by atoms with Crippen LogP contribution < -0.4 is 0 Å². The number of aromatic amines is 1. The maximum absolute atomic E-state index is 9.88. The fraction of sp³-hybridized carbons (Fsp3) is 0. The van der Waals surface area contributed by atoms with Crippen LogP contribution in [0.4, 0.5) is 0 Å². The predicted molar refractivity (Wildman–Crippen MR) is 100 cm³/mol. The first-order chi connectivity index (χ1) is 11.8.